The van der Waals surface area contributed by atoms with Gasteiger partial charge in [0.25, 0.3) is 0 Å². The minimum atomic E-state index is -0.552. The Kier molecular flexibility index (Phi) is 5.83. The minimum Gasteiger partial charge on any atom is -0.351 e. The highest BCUT2D eigenvalue weighted by atomic mass is 35.5. The topological polar surface area (TPSA) is 58.2 Å². The fraction of sp³-hybridized carbons (Fsp3) is 0.429. The molecule has 0 heterocycles. The van der Waals surface area contributed by atoms with Crippen LogP contribution in [0.15, 0.2) is 24.3 Å². The van der Waals surface area contributed by atoms with E-state index in [0.29, 0.717) is 6.54 Å². The summed E-state index contributed by atoms with van der Waals surface area (Å²) in [6, 6.07) is 7.36. The van der Waals surface area contributed by atoms with Gasteiger partial charge in [-0.2, -0.15) is 0 Å². The smallest absolute Gasteiger partial charge is 0.238 e. The highest BCUT2D eigenvalue weighted by molar-refractivity contribution is 6.30. The van der Waals surface area contributed by atoms with Gasteiger partial charge < -0.3 is 10.6 Å². The second kappa shape index (κ2) is 7.14. The van der Waals surface area contributed by atoms with E-state index < -0.39 is 5.38 Å². The van der Waals surface area contributed by atoms with Gasteiger partial charge in [-0.25, -0.2) is 0 Å². The third-order valence-electron chi connectivity index (χ3n) is 2.55. The van der Waals surface area contributed by atoms with Crippen molar-refractivity contribution in [2.24, 2.45) is 5.92 Å². The van der Waals surface area contributed by atoms with Gasteiger partial charge in [-0.15, -0.1) is 11.6 Å². The standard InChI is InChI=1S/C14H19ClN2O2/c1-9(2)13(18)17-12-6-4-5-11(7-12)8-16-14(19)10(3)15/h4-7,9-10H,8H2,1-3H3,(H,16,19)(H,17,18). The van der Waals surface area contributed by atoms with Crippen LogP contribution in [0.1, 0.15) is 26.3 Å². The molecule has 1 atom stereocenters. The molecular weight excluding hydrogens is 264 g/mol. The van der Waals surface area contributed by atoms with Gasteiger partial charge in [-0.3, -0.25) is 9.59 Å². The van der Waals surface area contributed by atoms with Crippen molar-refractivity contribution in [3.05, 3.63) is 29.8 Å². The third-order valence-corrected chi connectivity index (χ3v) is 2.75. The molecule has 104 valence electrons. The van der Waals surface area contributed by atoms with Crippen molar-refractivity contribution in [3.63, 3.8) is 0 Å². The van der Waals surface area contributed by atoms with Crippen LogP contribution < -0.4 is 10.6 Å². The number of hydrogen-bond acceptors (Lipinski definition) is 2. The molecule has 2 N–H and O–H groups in total. The molecule has 1 aromatic carbocycles. The largest absolute Gasteiger partial charge is 0.351 e. The van der Waals surface area contributed by atoms with Gasteiger partial charge in [0.1, 0.15) is 5.38 Å². The zero-order chi connectivity index (χ0) is 14.4. The zero-order valence-electron chi connectivity index (χ0n) is 11.4. The maximum Gasteiger partial charge on any atom is 0.238 e. The number of benzene rings is 1. The number of carbonyl (C=O) groups is 2. The van der Waals surface area contributed by atoms with E-state index in [1.807, 2.05) is 38.1 Å². The first-order chi connectivity index (χ1) is 8.90. The van der Waals surface area contributed by atoms with Crippen LogP contribution in [0.25, 0.3) is 0 Å². The Bertz CT molecular complexity index is 459. The molecule has 19 heavy (non-hydrogen) atoms. The van der Waals surface area contributed by atoms with Crippen molar-refractivity contribution in [1.29, 1.82) is 0 Å². The van der Waals surface area contributed by atoms with E-state index in [2.05, 4.69) is 10.6 Å². The van der Waals surface area contributed by atoms with Crippen molar-refractivity contribution in [1.82, 2.24) is 5.32 Å². The third kappa shape index (κ3) is 5.30. The zero-order valence-corrected chi connectivity index (χ0v) is 12.1. The van der Waals surface area contributed by atoms with Crippen LogP contribution in [0.4, 0.5) is 5.69 Å². The van der Waals surface area contributed by atoms with Gasteiger partial charge in [0.15, 0.2) is 0 Å². The Hall–Kier alpha value is -1.55. The van der Waals surface area contributed by atoms with Crippen LogP contribution in [-0.4, -0.2) is 17.2 Å². The van der Waals surface area contributed by atoms with Gasteiger partial charge in [0, 0.05) is 18.2 Å². The molecule has 0 bridgehead atoms. The monoisotopic (exact) mass is 282 g/mol. The predicted molar refractivity (Wildman–Crippen MR) is 77.1 cm³/mol. The molecule has 1 rings (SSSR count). The van der Waals surface area contributed by atoms with Crippen LogP contribution in [0.2, 0.25) is 0 Å². The SMILES string of the molecule is CC(C)C(=O)Nc1cccc(CNC(=O)C(C)Cl)c1. The molecule has 0 aliphatic heterocycles. The minimum absolute atomic E-state index is 0.0319. The predicted octanol–water partition coefficient (Wildman–Crippen LogP) is 2.52. The number of nitrogens with one attached hydrogen (secondary N) is 2. The molecule has 0 saturated carbocycles. The summed E-state index contributed by atoms with van der Waals surface area (Å²) in [5, 5.41) is 4.98. The Morgan fingerprint density at radius 1 is 1.21 bits per heavy atom. The molecule has 5 heteroatoms. The number of amides is 2. The molecule has 0 radical (unpaired) electrons. The lowest BCUT2D eigenvalue weighted by atomic mass is 10.1. The molecule has 0 aromatic heterocycles. The first kappa shape index (κ1) is 15.5. The van der Waals surface area contributed by atoms with Gasteiger partial charge in [0.2, 0.25) is 11.8 Å². The van der Waals surface area contributed by atoms with Gasteiger partial charge >= 0.3 is 0 Å². The average molecular weight is 283 g/mol. The second-order valence-corrected chi connectivity index (χ2v) is 5.33. The van der Waals surface area contributed by atoms with Gasteiger partial charge in [0.05, 0.1) is 0 Å². The van der Waals surface area contributed by atoms with Crippen molar-refractivity contribution >= 4 is 29.1 Å². The molecule has 2 amide bonds. The molecule has 4 nitrogen and oxygen atoms in total. The Labute approximate surface area is 118 Å². The van der Waals surface area contributed by atoms with Gasteiger partial charge in [-0.05, 0) is 24.6 Å². The Morgan fingerprint density at radius 2 is 1.89 bits per heavy atom. The number of anilines is 1. The van der Waals surface area contributed by atoms with Crippen LogP contribution in [0.3, 0.4) is 0 Å². The van der Waals surface area contributed by atoms with Crippen molar-refractivity contribution in [2.75, 3.05) is 5.32 Å². The van der Waals surface area contributed by atoms with E-state index in [-0.39, 0.29) is 17.7 Å². The number of alkyl halides is 1. The molecular formula is C14H19ClN2O2. The van der Waals surface area contributed by atoms with E-state index >= 15 is 0 Å². The summed E-state index contributed by atoms with van der Waals surface area (Å²) < 4.78 is 0. The lowest BCUT2D eigenvalue weighted by Crippen LogP contribution is -2.29. The molecule has 1 unspecified atom stereocenters. The number of hydrogen-bond donors (Lipinski definition) is 2. The number of halogens is 1. The molecule has 0 spiro atoms. The fourth-order valence-electron chi connectivity index (χ4n) is 1.38. The van der Waals surface area contributed by atoms with Crippen LogP contribution in [0, 0.1) is 5.92 Å². The molecule has 0 fully saturated rings. The molecule has 0 aliphatic carbocycles. The quantitative estimate of drug-likeness (QED) is 0.816. The van der Waals surface area contributed by atoms with Crippen molar-refractivity contribution in [2.45, 2.75) is 32.7 Å². The highest BCUT2D eigenvalue weighted by Crippen LogP contribution is 2.12. The number of carbonyl (C=O) groups excluding carboxylic acids is 2. The second-order valence-electron chi connectivity index (χ2n) is 4.68. The summed E-state index contributed by atoms with van der Waals surface area (Å²) in [4.78, 5) is 22.9. The summed E-state index contributed by atoms with van der Waals surface area (Å²) in [6.45, 7) is 5.68. The maximum atomic E-state index is 11.6. The lowest BCUT2D eigenvalue weighted by Gasteiger charge is -2.10. The highest BCUT2D eigenvalue weighted by Gasteiger charge is 2.09. The van der Waals surface area contributed by atoms with E-state index in [0.717, 1.165) is 11.3 Å². The normalized spacial score (nSPS) is 12.1. The fourth-order valence-corrected chi connectivity index (χ4v) is 1.45. The van der Waals surface area contributed by atoms with Gasteiger partial charge in [-0.1, -0.05) is 26.0 Å². The Morgan fingerprint density at radius 3 is 2.47 bits per heavy atom. The summed E-state index contributed by atoms with van der Waals surface area (Å²) in [5.74, 6) is -0.311. The first-order valence-corrected chi connectivity index (χ1v) is 6.65. The Balaban J connectivity index is 2.62. The van der Waals surface area contributed by atoms with E-state index in [1.54, 1.807) is 6.92 Å². The van der Waals surface area contributed by atoms with Crippen LogP contribution in [-0.2, 0) is 16.1 Å². The van der Waals surface area contributed by atoms with E-state index in [1.165, 1.54) is 0 Å². The molecule has 1 aromatic rings. The average Bonchev–Trinajstić information content (AvgIpc) is 2.36. The number of rotatable bonds is 5. The lowest BCUT2D eigenvalue weighted by molar-refractivity contribution is -0.120. The summed E-state index contributed by atoms with van der Waals surface area (Å²) in [6.07, 6.45) is 0. The molecule has 0 saturated heterocycles. The van der Waals surface area contributed by atoms with E-state index in [9.17, 15) is 9.59 Å². The summed E-state index contributed by atoms with van der Waals surface area (Å²) in [7, 11) is 0. The first-order valence-electron chi connectivity index (χ1n) is 6.21. The van der Waals surface area contributed by atoms with Crippen LogP contribution in [0.5, 0.6) is 0 Å². The van der Waals surface area contributed by atoms with Crippen molar-refractivity contribution < 1.29 is 9.59 Å². The summed E-state index contributed by atoms with van der Waals surface area (Å²) in [5.41, 5.74) is 1.64. The molecule has 0 aliphatic rings. The van der Waals surface area contributed by atoms with Crippen LogP contribution >= 0.6 is 11.6 Å². The van der Waals surface area contributed by atoms with E-state index in [4.69, 9.17) is 11.6 Å². The summed E-state index contributed by atoms with van der Waals surface area (Å²) >= 11 is 5.66. The van der Waals surface area contributed by atoms with Crippen molar-refractivity contribution in [3.8, 4) is 0 Å². The maximum absolute atomic E-state index is 11.6.